The molecule has 27 heavy (non-hydrogen) atoms. The molecule has 0 radical (unpaired) electrons. The number of furan rings is 1. The van der Waals surface area contributed by atoms with E-state index in [0.717, 1.165) is 22.3 Å². The number of carbonyl (C=O) groups is 2. The second-order valence-electron chi connectivity index (χ2n) is 6.13. The van der Waals surface area contributed by atoms with Crippen molar-refractivity contribution in [2.24, 2.45) is 0 Å². The molecular weight excluding hydrogens is 342 g/mol. The summed E-state index contributed by atoms with van der Waals surface area (Å²) in [5.74, 6) is -1.37. The minimum atomic E-state index is -1.25. The minimum absolute atomic E-state index is 0.259. The van der Waals surface area contributed by atoms with Gasteiger partial charge < -0.3 is 14.8 Å². The zero-order valence-corrected chi connectivity index (χ0v) is 15.0. The molecule has 0 atom stereocenters. The summed E-state index contributed by atoms with van der Waals surface area (Å²) >= 11 is 0. The van der Waals surface area contributed by atoms with E-state index in [4.69, 9.17) is 4.42 Å². The summed E-state index contributed by atoms with van der Waals surface area (Å²) in [7, 11) is 0. The van der Waals surface area contributed by atoms with Crippen molar-refractivity contribution in [2.75, 3.05) is 0 Å². The fourth-order valence-electron chi connectivity index (χ4n) is 2.76. The number of carboxylic acids is 1. The lowest BCUT2D eigenvalue weighted by atomic mass is 9.97. The lowest BCUT2D eigenvalue weighted by molar-refractivity contribution is -0.132. The van der Waals surface area contributed by atoms with Gasteiger partial charge in [-0.15, -0.1) is 0 Å². The smallest absolute Gasteiger partial charge is 0.352 e. The van der Waals surface area contributed by atoms with Crippen LogP contribution in [0.5, 0.6) is 0 Å². The topological polar surface area (TPSA) is 79.5 Å². The highest BCUT2D eigenvalue weighted by molar-refractivity contribution is 6.03. The SMILES string of the molecule is Cc1cccc(-c2ccoc2/C=C(/NC(=O)c2ccccc2)C(=O)O)c1C. The van der Waals surface area contributed by atoms with Gasteiger partial charge in [-0.25, -0.2) is 4.79 Å². The highest BCUT2D eigenvalue weighted by Crippen LogP contribution is 2.30. The average Bonchev–Trinajstić information content (AvgIpc) is 3.12. The van der Waals surface area contributed by atoms with Gasteiger partial charge in [-0.3, -0.25) is 4.79 Å². The number of rotatable bonds is 5. The molecule has 2 aromatic carbocycles. The molecule has 5 heteroatoms. The largest absolute Gasteiger partial charge is 0.477 e. The van der Waals surface area contributed by atoms with Gasteiger partial charge in [0.25, 0.3) is 5.91 Å². The van der Waals surface area contributed by atoms with Crippen LogP contribution in [0.3, 0.4) is 0 Å². The Hall–Kier alpha value is -3.60. The first kappa shape index (κ1) is 18.2. The zero-order valence-electron chi connectivity index (χ0n) is 15.0. The molecule has 0 spiro atoms. The number of hydrogen-bond donors (Lipinski definition) is 2. The van der Waals surface area contributed by atoms with Gasteiger partial charge in [0.2, 0.25) is 0 Å². The van der Waals surface area contributed by atoms with E-state index in [1.165, 1.54) is 12.3 Å². The Balaban J connectivity index is 1.96. The van der Waals surface area contributed by atoms with Gasteiger partial charge >= 0.3 is 5.97 Å². The highest BCUT2D eigenvalue weighted by atomic mass is 16.4. The maximum atomic E-state index is 12.3. The predicted octanol–water partition coefficient (Wildman–Crippen LogP) is 4.42. The number of carboxylic acid groups (broad SMARTS) is 1. The van der Waals surface area contributed by atoms with Crippen LogP contribution in [0.4, 0.5) is 0 Å². The second-order valence-corrected chi connectivity index (χ2v) is 6.13. The van der Waals surface area contributed by atoms with Crippen LogP contribution >= 0.6 is 0 Å². The minimum Gasteiger partial charge on any atom is -0.477 e. The molecule has 1 amide bonds. The van der Waals surface area contributed by atoms with Crippen molar-refractivity contribution < 1.29 is 19.1 Å². The monoisotopic (exact) mass is 361 g/mol. The quantitative estimate of drug-likeness (QED) is 0.659. The van der Waals surface area contributed by atoms with Crippen LogP contribution in [0.1, 0.15) is 27.2 Å². The fraction of sp³-hybridized carbons (Fsp3) is 0.0909. The molecule has 5 nitrogen and oxygen atoms in total. The maximum absolute atomic E-state index is 12.3. The number of hydrogen-bond acceptors (Lipinski definition) is 3. The summed E-state index contributed by atoms with van der Waals surface area (Å²) < 4.78 is 5.49. The number of aliphatic carboxylic acids is 1. The Morgan fingerprint density at radius 2 is 1.70 bits per heavy atom. The van der Waals surface area contributed by atoms with Crippen molar-refractivity contribution >= 4 is 18.0 Å². The average molecular weight is 361 g/mol. The number of benzene rings is 2. The fourth-order valence-corrected chi connectivity index (χ4v) is 2.76. The van der Waals surface area contributed by atoms with Crippen molar-refractivity contribution in [2.45, 2.75) is 13.8 Å². The van der Waals surface area contributed by atoms with E-state index in [1.54, 1.807) is 36.4 Å². The highest BCUT2D eigenvalue weighted by Gasteiger charge is 2.17. The molecule has 0 aliphatic carbocycles. The molecule has 0 saturated heterocycles. The molecule has 0 bridgehead atoms. The molecule has 0 fully saturated rings. The Kier molecular flexibility index (Phi) is 5.22. The zero-order chi connectivity index (χ0) is 19.4. The van der Waals surface area contributed by atoms with Crippen LogP contribution in [-0.2, 0) is 4.79 Å². The molecule has 0 saturated carbocycles. The summed E-state index contributed by atoms with van der Waals surface area (Å²) in [4.78, 5) is 23.9. The van der Waals surface area contributed by atoms with Gasteiger partial charge in [-0.1, -0.05) is 36.4 Å². The molecular formula is C22H19NO4. The third-order valence-electron chi connectivity index (χ3n) is 4.38. The number of nitrogens with one attached hydrogen (secondary N) is 1. The van der Waals surface area contributed by atoms with Gasteiger partial charge in [0.15, 0.2) is 0 Å². The summed E-state index contributed by atoms with van der Waals surface area (Å²) in [6.07, 6.45) is 2.84. The van der Waals surface area contributed by atoms with Crippen LogP contribution < -0.4 is 5.32 Å². The van der Waals surface area contributed by atoms with Crippen LogP contribution in [0.15, 0.2) is 71.0 Å². The van der Waals surface area contributed by atoms with Crippen molar-refractivity contribution in [3.05, 3.63) is 89.0 Å². The molecule has 0 aliphatic heterocycles. The van der Waals surface area contributed by atoms with Crippen LogP contribution in [-0.4, -0.2) is 17.0 Å². The van der Waals surface area contributed by atoms with Crippen molar-refractivity contribution in [1.29, 1.82) is 0 Å². The van der Waals surface area contributed by atoms with E-state index in [0.29, 0.717) is 11.3 Å². The first-order chi connectivity index (χ1) is 13.0. The van der Waals surface area contributed by atoms with Gasteiger partial charge in [0, 0.05) is 17.2 Å². The molecule has 136 valence electrons. The van der Waals surface area contributed by atoms with E-state index in [-0.39, 0.29) is 5.70 Å². The maximum Gasteiger partial charge on any atom is 0.352 e. The Bertz CT molecular complexity index is 1020. The predicted molar refractivity (Wildman–Crippen MR) is 103 cm³/mol. The van der Waals surface area contributed by atoms with Crippen LogP contribution in [0, 0.1) is 13.8 Å². The van der Waals surface area contributed by atoms with E-state index in [1.807, 2.05) is 32.0 Å². The van der Waals surface area contributed by atoms with Crippen LogP contribution in [0.25, 0.3) is 17.2 Å². The summed E-state index contributed by atoms with van der Waals surface area (Å²) in [6, 6.07) is 16.1. The second kappa shape index (κ2) is 7.74. The third-order valence-corrected chi connectivity index (χ3v) is 4.38. The van der Waals surface area contributed by atoms with E-state index < -0.39 is 11.9 Å². The molecule has 3 rings (SSSR count). The lowest BCUT2D eigenvalue weighted by Crippen LogP contribution is -2.27. The number of carbonyl (C=O) groups excluding carboxylic acids is 1. The molecule has 0 unspecified atom stereocenters. The summed E-state index contributed by atoms with van der Waals surface area (Å²) in [5.41, 5.74) is 4.04. The molecule has 1 heterocycles. The van der Waals surface area contributed by atoms with Gasteiger partial charge in [-0.05, 0) is 48.7 Å². The molecule has 2 N–H and O–H groups in total. The van der Waals surface area contributed by atoms with Crippen molar-refractivity contribution in [1.82, 2.24) is 5.32 Å². The first-order valence-electron chi connectivity index (χ1n) is 8.43. The van der Waals surface area contributed by atoms with Crippen molar-refractivity contribution in [3.8, 4) is 11.1 Å². The van der Waals surface area contributed by atoms with Gasteiger partial charge in [0.1, 0.15) is 11.5 Å². The van der Waals surface area contributed by atoms with E-state index in [9.17, 15) is 14.7 Å². The van der Waals surface area contributed by atoms with E-state index in [2.05, 4.69) is 5.32 Å². The Labute approximate surface area is 157 Å². The normalized spacial score (nSPS) is 11.3. The standard InChI is InChI=1S/C22H19NO4/c1-14-7-6-10-17(15(14)2)18-11-12-27-20(18)13-19(22(25)26)23-21(24)16-8-4-3-5-9-16/h3-13H,1-2H3,(H,23,24)(H,25,26)/b19-13+. The third kappa shape index (κ3) is 3.98. The Morgan fingerprint density at radius 3 is 2.41 bits per heavy atom. The number of aryl methyl sites for hydroxylation is 1. The van der Waals surface area contributed by atoms with Gasteiger partial charge in [0.05, 0.1) is 6.26 Å². The summed E-state index contributed by atoms with van der Waals surface area (Å²) in [5, 5.41) is 11.9. The molecule has 3 aromatic rings. The number of amides is 1. The lowest BCUT2D eigenvalue weighted by Gasteiger charge is -2.09. The van der Waals surface area contributed by atoms with Crippen LogP contribution in [0.2, 0.25) is 0 Å². The van der Waals surface area contributed by atoms with E-state index >= 15 is 0 Å². The molecule has 1 aromatic heterocycles. The Morgan fingerprint density at radius 1 is 0.963 bits per heavy atom. The van der Waals surface area contributed by atoms with Gasteiger partial charge in [-0.2, -0.15) is 0 Å². The summed E-state index contributed by atoms with van der Waals surface area (Å²) in [6.45, 7) is 4.01. The molecule has 0 aliphatic rings. The van der Waals surface area contributed by atoms with Crippen molar-refractivity contribution in [3.63, 3.8) is 0 Å². The first-order valence-corrected chi connectivity index (χ1v) is 8.43.